The smallest absolute Gasteiger partial charge is 0.122 e. The average Bonchev–Trinajstić information content (AvgIpc) is 3.21. The van der Waals surface area contributed by atoms with Crippen LogP contribution in [-0.2, 0) is 6.42 Å². The predicted molar refractivity (Wildman–Crippen MR) is 113 cm³/mol. The fourth-order valence-electron chi connectivity index (χ4n) is 4.18. The monoisotopic (exact) mass is 360 g/mol. The molecule has 2 aromatic carbocycles. The summed E-state index contributed by atoms with van der Waals surface area (Å²) in [7, 11) is 1.76. The van der Waals surface area contributed by atoms with E-state index in [4.69, 9.17) is 4.74 Å². The first-order valence-corrected chi connectivity index (χ1v) is 9.96. The summed E-state index contributed by atoms with van der Waals surface area (Å²) in [5.41, 5.74) is 5.38. The highest BCUT2D eigenvalue weighted by Gasteiger charge is 2.16. The van der Waals surface area contributed by atoms with E-state index in [1.54, 1.807) is 7.11 Å². The number of hydrogen-bond donors (Lipinski definition) is 2. The highest BCUT2D eigenvalue weighted by Crippen LogP contribution is 2.30. The van der Waals surface area contributed by atoms with Gasteiger partial charge >= 0.3 is 0 Å². The minimum absolute atomic E-state index is 0.579. The highest BCUT2D eigenvalue weighted by molar-refractivity contribution is 5.85. The Morgan fingerprint density at radius 1 is 1.04 bits per heavy atom. The van der Waals surface area contributed by atoms with Crippen molar-refractivity contribution in [2.24, 2.45) is 0 Å². The minimum atomic E-state index is 0.579. The molecule has 2 N–H and O–H groups in total. The van der Waals surface area contributed by atoms with Gasteiger partial charge in [-0.3, -0.25) is 0 Å². The van der Waals surface area contributed by atoms with Gasteiger partial charge in [-0.05, 0) is 55.0 Å². The van der Waals surface area contributed by atoms with Crippen LogP contribution in [0.5, 0.6) is 5.75 Å². The fraction of sp³-hybridized carbons (Fsp3) is 0.333. The topological polar surface area (TPSA) is 37.0 Å². The van der Waals surface area contributed by atoms with E-state index in [9.17, 15) is 0 Å². The van der Waals surface area contributed by atoms with Gasteiger partial charge in [-0.1, -0.05) is 42.8 Å². The van der Waals surface area contributed by atoms with E-state index in [2.05, 4.69) is 64.9 Å². The third kappa shape index (κ3) is 4.09. The van der Waals surface area contributed by atoms with Gasteiger partial charge in [0.05, 0.1) is 7.11 Å². The van der Waals surface area contributed by atoms with E-state index in [0.29, 0.717) is 6.04 Å². The van der Waals surface area contributed by atoms with Crippen molar-refractivity contribution in [3.8, 4) is 5.75 Å². The number of fused-ring (bicyclic) bond motifs is 1. The molecule has 0 radical (unpaired) electrons. The Bertz CT molecular complexity index is 911. The molecule has 1 aliphatic rings. The molecule has 0 amide bonds. The number of unbranched alkanes of at least 4 members (excludes halogenated alkanes) is 1. The van der Waals surface area contributed by atoms with Crippen LogP contribution in [0.4, 0.5) is 0 Å². The number of aromatic nitrogens is 1. The van der Waals surface area contributed by atoms with E-state index in [-0.39, 0.29) is 0 Å². The van der Waals surface area contributed by atoms with E-state index in [0.717, 1.165) is 25.1 Å². The van der Waals surface area contributed by atoms with Crippen LogP contribution in [-0.4, -0.2) is 24.7 Å². The lowest BCUT2D eigenvalue weighted by Crippen LogP contribution is -2.32. The van der Waals surface area contributed by atoms with Gasteiger partial charge in [-0.25, -0.2) is 0 Å². The Morgan fingerprint density at radius 2 is 1.93 bits per heavy atom. The Labute approximate surface area is 161 Å². The molecule has 3 aromatic rings. The van der Waals surface area contributed by atoms with Gasteiger partial charge in [-0.15, -0.1) is 0 Å². The van der Waals surface area contributed by atoms with Crippen LogP contribution in [0.25, 0.3) is 16.5 Å². The lowest BCUT2D eigenvalue weighted by molar-refractivity contribution is 0.409. The second-order valence-corrected chi connectivity index (χ2v) is 7.34. The first kappa shape index (κ1) is 17.9. The molecule has 0 saturated heterocycles. The number of ether oxygens (including phenoxy) is 1. The molecule has 27 heavy (non-hydrogen) atoms. The number of aromatic amines is 1. The van der Waals surface area contributed by atoms with Crippen molar-refractivity contribution in [2.75, 3.05) is 13.7 Å². The van der Waals surface area contributed by atoms with Crippen LogP contribution < -0.4 is 10.1 Å². The third-order valence-corrected chi connectivity index (χ3v) is 5.62. The highest BCUT2D eigenvalue weighted by atomic mass is 16.5. The van der Waals surface area contributed by atoms with Crippen LogP contribution in [0.2, 0.25) is 0 Å². The number of aryl methyl sites for hydroxylation is 1. The maximum absolute atomic E-state index is 5.60. The summed E-state index contributed by atoms with van der Waals surface area (Å²) >= 11 is 0. The Hall–Kier alpha value is -2.52. The summed E-state index contributed by atoms with van der Waals surface area (Å²) in [4.78, 5) is 3.30. The molecule has 1 atom stereocenters. The Balaban J connectivity index is 1.32. The molecule has 3 nitrogen and oxygen atoms in total. The van der Waals surface area contributed by atoms with E-state index in [1.807, 2.05) is 6.20 Å². The molecule has 3 heteroatoms. The summed E-state index contributed by atoms with van der Waals surface area (Å²) in [6.07, 6.45) is 10.2. The van der Waals surface area contributed by atoms with Crippen LogP contribution in [0.1, 0.15) is 36.8 Å². The summed E-state index contributed by atoms with van der Waals surface area (Å²) in [6, 6.07) is 17.7. The molecular formula is C24H28N2O. The van der Waals surface area contributed by atoms with Gasteiger partial charge in [0, 0.05) is 35.2 Å². The second kappa shape index (κ2) is 8.45. The van der Waals surface area contributed by atoms with Gasteiger partial charge in [0.25, 0.3) is 0 Å². The zero-order valence-electron chi connectivity index (χ0n) is 16.0. The van der Waals surface area contributed by atoms with Crippen LogP contribution >= 0.6 is 0 Å². The molecule has 1 unspecified atom stereocenters. The molecule has 0 saturated carbocycles. The van der Waals surface area contributed by atoms with Crippen molar-refractivity contribution in [1.82, 2.24) is 10.3 Å². The molecule has 0 spiro atoms. The summed E-state index contributed by atoms with van der Waals surface area (Å²) < 4.78 is 5.60. The molecule has 0 aliphatic carbocycles. The van der Waals surface area contributed by atoms with Crippen molar-refractivity contribution in [2.45, 2.75) is 38.1 Å². The summed E-state index contributed by atoms with van der Waals surface area (Å²) in [5, 5.41) is 4.95. The van der Waals surface area contributed by atoms with Crippen LogP contribution in [0.15, 0.2) is 60.8 Å². The van der Waals surface area contributed by atoms with Crippen LogP contribution in [0, 0.1) is 0 Å². The van der Waals surface area contributed by atoms with Gasteiger partial charge < -0.3 is 15.0 Å². The van der Waals surface area contributed by atoms with Crippen LogP contribution in [0.3, 0.4) is 0 Å². The SMILES string of the molecule is COc1ccc2[nH]ccc2c1CCCCC1CC(c2ccccc2)=CCN1. The lowest BCUT2D eigenvalue weighted by atomic mass is 9.92. The zero-order valence-corrected chi connectivity index (χ0v) is 16.0. The average molecular weight is 361 g/mol. The number of benzene rings is 2. The van der Waals surface area contributed by atoms with Gasteiger partial charge in [0.1, 0.15) is 5.75 Å². The van der Waals surface area contributed by atoms with Crippen molar-refractivity contribution in [1.29, 1.82) is 0 Å². The van der Waals surface area contributed by atoms with Crippen molar-refractivity contribution >= 4 is 16.5 Å². The molecule has 2 heterocycles. The number of nitrogens with one attached hydrogen (secondary N) is 2. The zero-order chi connectivity index (χ0) is 18.5. The number of H-pyrrole nitrogens is 1. The van der Waals surface area contributed by atoms with Crippen molar-refractivity contribution < 1.29 is 4.74 Å². The molecule has 1 aromatic heterocycles. The standard InChI is InChI=1S/C24H28N2O/c1-27-24-12-11-23-21(14-16-26-23)22(24)10-6-5-9-20-17-19(13-15-25-20)18-7-3-2-4-8-18/h2-4,7-8,11-14,16,20,25-26H,5-6,9-10,15,17H2,1H3. The molecule has 0 fully saturated rings. The second-order valence-electron chi connectivity index (χ2n) is 7.34. The maximum Gasteiger partial charge on any atom is 0.122 e. The predicted octanol–water partition coefficient (Wildman–Crippen LogP) is 5.33. The first-order chi connectivity index (χ1) is 13.3. The third-order valence-electron chi connectivity index (χ3n) is 5.62. The van der Waals surface area contributed by atoms with Gasteiger partial charge in [-0.2, -0.15) is 0 Å². The maximum atomic E-state index is 5.60. The van der Waals surface area contributed by atoms with E-state index >= 15 is 0 Å². The largest absolute Gasteiger partial charge is 0.496 e. The van der Waals surface area contributed by atoms with E-state index < -0.39 is 0 Å². The normalized spacial score (nSPS) is 17.1. The molecule has 1 aliphatic heterocycles. The van der Waals surface area contributed by atoms with Crippen molar-refractivity contribution in [3.05, 3.63) is 71.9 Å². The molecular weight excluding hydrogens is 332 g/mol. The Kier molecular flexibility index (Phi) is 5.59. The lowest BCUT2D eigenvalue weighted by Gasteiger charge is -2.24. The minimum Gasteiger partial charge on any atom is -0.496 e. The van der Waals surface area contributed by atoms with Gasteiger partial charge in [0.15, 0.2) is 0 Å². The fourth-order valence-corrected chi connectivity index (χ4v) is 4.18. The molecule has 4 rings (SSSR count). The Morgan fingerprint density at radius 3 is 2.78 bits per heavy atom. The number of methoxy groups -OCH3 is 1. The van der Waals surface area contributed by atoms with Gasteiger partial charge in [0.2, 0.25) is 0 Å². The number of rotatable bonds is 7. The number of hydrogen-bond acceptors (Lipinski definition) is 2. The summed E-state index contributed by atoms with van der Waals surface area (Å²) in [5.74, 6) is 1.01. The van der Waals surface area contributed by atoms with E-state index in [1.165, 1.54) is 46.9 Å². The first-order valence-electron chi connectivity index (χ1n) is 9.96. The van der Waals surface area contributed by atoms with Crippen molar-refractivity contribution in [3.63, 3.8) is 0 Å². The molecule has 0 bridgehead atoms. The molecule has 140 valence electrons. The quantitative estimate of drug-likeness (QED) is 0.558. The summed E-state index contributed by atoms with van der Waals surface area (Å²) in [6.45, 7) is 0.978.